The van der Waals surface area contributed by atoms with Crippen LogP contribution in [0.1, 0.15) is 17.5 Å². The van der Waals surface area contributed by atoms with Crippen molar-refractivity contribution in [2.24, 2.45) is 0 Å². The molecular formula is C22H26ClN3O. The molecule has 0 spiro atoms. The summed E-state index contributed by atoms with van der Waals surface area (Å²) < 4.78 is 1.91. The summed E-state index contributed by atoms with van der Waals surface area (Å²) in [5.41, 5.74) is 3.47. The van der Waals surface area contributed by atoms with Crippen LogP contribution in [0.2, 0.25) is 5.02 Å². The first kappa shape index (κ1) is 18.2. The molecule has 142 valence electrons. The van der Waals surface area contributed by atoms with Crippen LogP contribution in [0.25, 0.3) is 10.8 Å². The Balaban J connectivity index is 1.66. The highest BCUT2D eigenvalue weighted by atomic mass is 35.5. The van der Waals surface area contributed by atoms with Gasteiger partial charge in [0.1, 0.15) is 0 Å². The van der Waals surface area contributed by atoms with E-state index in [1.807, 2.05) is 28.8 Å². The molecule has 0 aliphatic carbocycles. The summed E-state index contributed by atoms with van der Waals surface area (Å²) in [4.78, 5) is 4.75. The third-order valence-corrected chi connectivity index (χ3v) is 5.92. The zero-order chi connectivity index (χ0) is 19.1. The molecule has 1 aliphatic heterocycles. The Bertz CT molecular complexity index is 962. The lowest BCUT2D eigenvalue weighted by atomic mass is 10.1. The predicted octanol–water partition coefficient (Wildman–Crippen LogP) is 4.50. The molecule has 0 saturated carbocycles. The predicted molar refractivity (Wildman–Crippen MR) is 113 cm³/mol. The summed E-state index contributed by atoms with van der Waals surface area (Å²) >= 11 is 5.98. The van der Waals surface area contributed by atoms with Gasteiger partial charge in [-0.15, -0.1) is 0 Å². The summed E-state index contributed by atoms with van der Waals surface area (Å²) in [7, 11) is 4.30. The first-order valence-corrected chi connectivity index (χ1v) is 9.78. The van der Waals surface area contributed by atoms with E-state index < -0.39 is 0 Å². The first-order chi connectivity index (χ1) is 12.9. The minimum Gasteiger partial charge on any atom is -0.494 e. The van der Waals surface area contributed by atoms with Gasteiger partial charge in [0, 0.05) is 46.8 Å². The van der Waals surface area contributed by atoms with Crippen molar-refractivity contribution in [1.29, 1.82) is 0 Å². The lowest BCUT2D eigenvalue weighted by molar-refractivity contribution is 0.315. The molecule has 0 bridgehead atoms. The Labute approximate surface area is 165 Å². The van der Waals surface area contributed by atoms with Crippen LogP contribution in [-0.4, -0.2) is 47.8 Å². The average Bonchev–Trinajstić information content (AvgIpc) is 3.23. The van der Waals surface area contributed by atoms with Gasteiger partial charge in [0.15, 0.2) is 5.88 Å². The van der Waals surface area contributed by atoms with Crippen molar-refractivity contribution in [3.63, 3.8) is 0 Å². The maximum atomic E-state index is 10.8. The van der Waals surface area contributed by atoms with Crippen LogP contribution in [0.4, 0.5) is 5.69 Å². The Morgan fingerprint density at radius 2 is 1.93 bits per heavy atom. The summed E-state index contributed by atoms with van der Waals surface area (Å²) in [5.74, 6) is 0.330. The summed E-state index contributed by atoms with van der Waals surface area (Å²) in [6.07, 6.45) is 3.24. The molecule has 4 nitrogen and oxygen atoms in total. The smallest absolute Gasteiger partial charge is 0.199 e. The van der Waals surface area contributed by atoms with Gasteiger partial charge >= 0.3 is 0 Å². The van der Waals surface area contributed by atoms with Crippen LogP contribution >= 0.6 is 11.6 Å². The van der Waals surface area contributed by atoms with Crippen LogP contribution in [-0.2, 0) is 6.54 Å². The average molecular weight is 384 g/mol. The van der Waals surface area contributed by atoms with Crippen LogP contribution in [0.15, 0.2) is 42.6 Å². The summed E-state index contributed by atoms with van der Waals surface area (Å²) in [6.45, 7) is 4.83. The number of likely N-dealkylation sites (N-methyl/N-ethyl adjacent to an activating group) is 1. The third-order valence-electron chi connectivity index (χ3n) is 5.67. The number of hydrogen-bond donors (Lipinski definition) is 1. The Hall–Kier alpha value is -2.17. The Morgan fingerprint density at radius 3 is 2.59 bits per heavy atom. The van der Waals surface area contributed by atoms with Crippen molar-refractivity contribution in [1.82, 2.24) is 9.47 Å². The maximum Gasteiger partial charge on any atom is 0.199 e. The largest absolute Gasteiger partial charge is 0.494 e. The van der Waals surface area contributed by atoms with E-state index in [1.54, 1.807) is 0 Å². The van der Waals surface area contributed by atoms with E-state index in [4.69, 9.17) is 11.6 Å². The van der Waals surface area contributed by atoms with E-state index in [0.29, 0.717) is 18.5 Å². The van der Waals surface area contributed by atoms with E-state index in [-0.39, 0.29) is 0 Å². The van der Waals surface area contributed by atoms with Gasteiger partial charge in [-0.25, -0.2) is 0 Å². The van der Waals surface area contributed by atoms with E-state index in [9.17, 15) is 5.11 Å². The fourth-order valence-electron chi connectivity index (χ4n) is 4.06. The zero-order valence-electron chi connectivity index (χ0n) is 16.1. The molecule has 1 saturated heterocycles. The molecular weight excluding hydrogens is 358 g/mol. The van der Waals surface area contributed by atoms with Gasteiger partial charge in [-0.1, -0.05) is 23.7 Å². The van der Waals surface area contributed by atoms with Crippen molar-refractivity contribution in [3.05, 3.63) is 58.7 Å². The van der Waals surface area contributed by atoms with Crippen molar-refractivity contribution < 1.29 is 5.11 Å². The minimum absolute atomic E-state index is 0.330. The molecule has 2 heterocycles. The number of aromatic hydroxyl groups is 1. The van der Waals surface area contributed by atoms with Gasteiger partial charge in [0.05, 0.1) is 6.54 Å². The number of anilines is 1. The Kier molecular flexibility index (Phi) is 4.79. The SMILES string of the molecule is Cc1cc(N2CCC(N(C)C)C2)cc2cn(Cc3ccc(Cl)cc3)c(O)c12. The molecule has 0 amide bonds. The number of halogens is 1. The van der Waals surface area contributed by atoms with Gasteiger partial charge in [0.2, 0.25) is 0 Å². The van der Waals surface area contributed by atoms with Crippen molar-refractivity contribution in [2.45, 2.75) is 25.9 Å². The molecule has 2 aromatic carbocycles. The molecule has 1 unspecified atom stereocenters. The number of aryl methyl sites for hydroxylation is 1. The second kappa shape index (κ2) is 7.10. The van der Waals surface area contributed by atoms with Crippen LogP contribution in [0.3, 0.4) is 0 Å². The molecule has 1 fully saturated rings. The van der Waals surface area contributed by atoms with Crippen molar-refractivity contribution in [3.8, 4) is 5.88 Å². The minimum atomic E-state index is 0.330. The Morgan fingerprint density at radius 1 is 1.19 bits per heavy atom. The molecule has 27 heavy (non-hydrogen) atoms. The van der Waals surface area contributed by atoms with E-state index in [0.717, 1.165) is 40.0 Å². The number of benzene rings is 2. The molecule has 3 aromatic rings. The highest BCUT2D eigenvalue weighted by molar-refractivity contribution is 6.30. The van der Waals surface area contributed by atoms with Gasteiger partial charge in [-0.3, -0.25) is 0 Å². The summed E-state index contributed by atoms with van der Waals surface area (Å²) in [5, 5.41) is 13.5. The van der Waals surface area contributed by atoms with Crippen LogP contribution < -0.4 is 4.90 Å². The first-order valence-electron chi connectivity index (χ1n) is 9.40. The number of hydrogen-bond acceptors (Lipinski definition) is 3. The molecule has 0 radical (unpaired) electrons. The fraction of sp³-hybridized carbons (Fsp3) is 0.364. The van der Waals surface area contributed by atoms with Gasteiger partial charge in [0.25, 0.3) is 0 Å². The lowest BCUT2D eigenvalue weighted by Crippen LogP contribution is -2.31. The standard InChI is InChI=1S/C22H26ClN3O/c1-15-10-20(25-9-8-19(14-25)24(2)3)11-17-13-26(22(27)21(15)17)12-16-4-6-18(23)7-5-16/h4-7,10-11,13,19,27H,8-9,12,14H2,1-3H3. The number of nitrogens with zero attached hydrogens (tertiary/aromatic N) is 3. The van der Waals surface area contributed by atoms with Gasteiger partial charge in [-0.05, 0) is 62.8 Å². The molecule has 1 N–H and O–H groups in total. The summed E-state index contributed by atoms with van der Waals surface area (Å²) in [6, 6.07) is 12.8. The quantitative estimate of drug-likeness (QED) is 0.719. The second-order valence-corrected chi connectivity index (χ2v) is 8.22. The monoisotopic (exact) mass is 383 g/mol. The maximum absolute atomic E-state index is 10.8. The second-order valence-electron chi connectivity index (χ2n) is 7.79. The normalized spacial score (nSPS) is 17.4. The number of fused-ring (bicyclic) bond motifs is 1. The molecule has 4 rings (SSSR count). The highest BCUT2D eigenvalue weighted by Crippen LogP contribution is 2.35. The van der Waals surface area contributed by atoms with E-state index >= 15 is 0 Å². The molecule has 1 aliphatic rings. The zero-order valence-corrected chi connectivity index (χ0v) is 16.9. The lowest BCUT2D eigenvalue weighted by Gasteiger charge is -2.22. The van der Waals surface area contributed by atoms with Crippen LogP contribution in [0, 0.1) is 6.92 Å². The molecule has 1 aromatic heterocycles. The van der Waals surface area contributed by atoms with E-state index in [2.05, 4.69) is 49.1 Å². The number of rotatable bonds is 4. The topological polar surface area (TPSA) is 31.6 Å². The van der Waals surface area contributed by atoms with E-state index in [1.165, 1.54) is 12.1 Å². The third kappa shape index (κ3) is 3.52. The highest BCUT2D eigenvalue weighted by Gasteiger charge is 2.25. The number of aromatic nitrogens is 1. The fourth-order valence-corrected chi connectivity index (χ4v) is 4.19. The van der Waals surface area contributed by atoms with Crippen LogP contribution in [0.5, 0.6) is 5.88 Å². The van der Waals surface area contributed by atoms with Crippen molar-refractivity contribution >= 4 is 28.1 Å². The molecule has 5 heteroatoms. The molecule has 1 atom stereocenters. The van der Waals surface area contributed by atoms with Gasteiger partial charge in [-0.2, -0.15) is 0 Å². The van der Waals surface area contributed by atoms with Gasteiger partial charge < -0.3 is 19.5 Å². The van der Waals surface area contributed by atoms with Crippen molar-refractivity contribution in [2.75, 3.05) is 32.1 Å².